The Hall–Kier alpha value is -1.45. The molecule has 3 nitrogen and oxygen atoms in total. The molecule has 0 atom stereocenters. The van der Waals surface area contributed by atoms with Crippen molar-refractivity contribution in [2.75, 3.05) is 13.2 Å². The SMILES string of the molecule is c1ccc2nc(C3OCCCO3)ccc2c1. The smallest absolute Gasteiger partial charge is 0.201 e. The van der Waals surface area contributed by atoms with Gasteiger partial charge in [0.25, 0.3) is 0 Å². The van der Waals surface area contributed by atoms with E-state index in [0.29, 0.717) is 0 Å². The van der Waals surface area contributed by atoms with Crippen LogP contribution < -0.4 is 0 Å². The molecule has 2 heterocycles. The number of hydrogen-bond acceptors (Lipinski definition) is 3. The average Bonchev–Trinajstić information content (AvgIpc) is 2.39. The van der Waals surface area contributed by atoms with Crippen LogP contribution in [-0.4, -0.2) is 18.2 Å². The van der Waals surface area contributed by atoms with E-state index in [2.05, 4.69) is 17.1 Å². The molecule has 0 bridgehead atoms. The van der Waals surface area contributed by atoms with Gasteiger partial charge in [0.1, 0.15) is 0 Å². The maximum atomic E-state index is 5.53. The fourth-order valence-electron chi connectivity index (χ4n) is 1.87. The topological polar surface area (TPSA) is 31.4 Å². The Balaban J connectivity index is 1.97. The normalized spacial score (nSPS) is 17.8. The van der Waals surface area contributed by atoms with E-state index < -0.39 is 0 Å². The maximum absolute atomic E-state index is 5.53. The highest BCUT2D eigenvalue weighted by Gasteiger charge is 2.17. The first-order valence-corrected chi connectivity index (χ1v) is 5.52. The van der Waals surface area contributed by atoms with Gasteiger partial charge in [0.2, 0.25) is 6.29 Å². The Morgan fingerprint density at radius 2 is 1.81 bits per heavy atom. The molecule has 1 aromatic heterocycles. The Kier molecular flexibility index (Phi) is 2.56. The summed E-state index contributed by atoms with van der Waals surface area (Å²) in [6.07, 6.45) is 0.669. The number of hydrogen-bond donors (Lipinski definition) is 0. The summed E-state index contributed by atoms with van der Waals surface area (Å²) in [6, 6.07) is 12.1. The molecule has 0 N–H and O–H groups in total. The minimum Gasteiger partial charge on any atom is -0.347 e. The van der Waals surface area contributed by atoms with Crippen molar-refractivity contribution in [3.63, 3.8) is 0 Å². The van der Waals surface area contributed by atoms with Crippen LogP contribution in [0.5, 0.6) is 0 Å². The molecule has 0 unspecified atom stereocenters. The number of ether oxygens (including phenoxy) is 2. The number of fused-ring (bicyclic) bond motifs is 1. The fraction of sp³-hybridized carbons (Fsp3) is 0.308. The molecule has 82 valence electrons. The molecule has 1 fully saturated rings. The zero-order chi connectivity index (χ0) is 10.8. The summed E-state index contributed by atoms with van der Waals surface area (Å²) in [5.41, 5.74) is 1.84. The second kappa shape index (κ2) is 4.20. The van der Waals surface area contributed by atoms with Gasteiger partial charge in [-0.3, -0.25) is 0 Å². The minimum absolute atomic E-state index is 0.293. The Morgan fingerprint density at radius 3 is 2.69 bits per heavy atom. The number of rotatable bonds is 1. The van der Waals surface area contributed by atoms with Crippen molar-refractivity contribution in [1.82, 2.24) is 4.98 Å². The van der Waals surface area contributed by atoms with Crippen LogP contribution in [-0.2, 0) is 9.47 Å². The van der Waals surface area contributed by atoms with E-state index in [4.69, 9.17) is 9.47 Å². The molecule has 1 aromatic carbocycles. The quantitative estimate of drug-likeness (QED) is 0.732. The van der Waals surface area contributed by atoms with Crippen LogP contribution >= 0.6 is 0 Å². The molecule has 3 heteroatoms. The molecular formula is C13H13NO2. The molecular weight excluding hydrogens is 202 g/mol. The van der Waals surface area contributed by atoms with Gasteiger partial charge in [-0.15, -0.1) is 0 Å². The predicted octanol–water partition coefficient (Wildman–Crippen LogP) is 2.67. The van der Waals surface area contributed by atoms with E-state index in [-0.39, 0.29) is 6.29 Å². The molecule has 0 saturated carbocycles. The zero-order valence-electron chi connectivity index (χ0n) is 8.93. The Labute approximate surface area is 94.0 Å². The van der Waals surface area contributed by atoms with Gasteiger partial charge in [-0.1, -0.05) is 24.3 Å². The highest BCUT2D eigenvalue weighted by Crippen LogP contribution is 2.23. The van der Waals surface area contributed by atoms with E-state index in [9.17, 15) is 0 Å². The number of benzene rings is 1. The zero-order valence-corrected chi connectivity index (χ0v) is 8.93. The van der Waals surface area contributed by atoms with Gasteiger partial charge in [0.05, 0.1) is 24.4 Å². The molecule has 1 aliphatic rings. The number of para-hydroxylation sites is 1. The third-order valence-corrected chi connectivity index (χ3v) is 2.69. The first kappa shape index (κ1) is 9.75. The van der Waals surface area contributed by atoms with Crippen LogP contribution in [0.25, 0.3) is 10.9 Å². The van der Waals surface area contributed by atoms with E-state index in [1.807, 2.05) is 24.3 Å². The highest BCUT2D eigenvalue weighted by molar-refractivity contribution is 5.78. The third kappa shape index (κ3) is 1.79. The largest absolute Gasteiger partial charge is 0.347 e. The van der Waals surface area contributed by atoms with Crippen LogP contribution in [0.15, 0.2) is 36.4 Å². The first-order chi connectivity index (χ1) is 7.93. The minimum atomic E-state index is -0.293. The number of aromatic nitrogens is 1. The standard InChI is InChI=1S/C13H13NO2/c1-2-5-11-10(4-1)6-7-12(14-11)13-15-8-3-9-16-13/h1-2,4-7,13H,3,8-9H2. The van der Waals surface area contributed by atoms with Gasteiger partial charge < -0.3 is 9.47 Å². The molecule has 2 aromatic rings. The molecule has 1 aliphatic heterocycles. The van der Waals surface area contributed by atoms with Crippen molar-refractivity contribution >= 4 is 10.9 Å². The van der Waals surface area contributed by atoms with Crippen molar-refractivity contribution in [1.29, 1.82) is 0 Å². The molecule has 16 heavy (non-hydrogen) atoms. The molecule has 1 saturated heterocycles. The molecule has 0 amide bonds. The van der Waals surface area contributed by atoms with E-state index in [1.165, 1.54) is 0 Å². The molecule has 3 rings (SSSR count). The molecule has 0 spiro atoms. The average molecular weight is 215 g/mol. The lowest BCUT2D eigenvalue weighted by molar-refractivity contribution is -0.184. The summed E-state index contributed by atoms with van der Waals surface area (Å²) in [5.74, 6) is 0. The van der Waals surface area contributed by atoms with Crippen LogP contribution in [0.2, 0.25) is 0 Å². The van der Waals surface area contributed by atoms with Crippen molar-refractivity contribution in [3.8, 4) is 0 Å². The predicted molar refractivity (Wildman–Crippen MR) is 61.0 cm³/mol. The lowest BCUT2D eigenvalue weighted by Crippen LogP contribution is -2.18. The van der Waals surface area contributed by atoms with Crippen molar-refractivity contribution in [2.45, 2.75) is 12.7 Å². The monoisotopic (exact) mass is 215 g/mol. The number of pyridine rings is 1. The summed E-state index contributed by atoms with van der Waals surface area (Å²) >= 11 is 0. The van der Waals surface area contributed by atoms with E-state index in [1.54, 1.807) is 0 Å². The molecule has 0 radical (unpaired) electrons. The fourth-order valence-corrected chi connectivity index (χ4v) is 1.87. The highest BCUT2D eigenvalue weighted by atomic mass is 16.7. The van der Waals surface area contributed by atoms with Crippen molar-refractivity contribution < 1.29 is 9.47 Å². The molecule has 0 aliphatic carbocycles. The van der Waals surface area contributed by atoms with Gasteiger partial charge in [0.15, 0.2) is 0 Å². The van der Waals surface area contributed by atoms with Gasteiger partial charge in [-0.25, -0.2) is 4.98 Å². The van der Waals surface area contributed by atoms with Gasteiger partial charge >= 0.3 is 0 Å². The van der Waals surface area contributed by atoms with Gasteiger partial charge in [-0.05, 0) is 18.6 Å². The van der Waals surface area contributed by atoms with Crippen LogP contribution in [0, 0.1) is 0 Å². The third-order valence-electron chi connectivity index (χ3n) is 2.69. The summed E-state index contributed by atoms with van der Waals surface area (Å²) in [6.45, 7) is 1.50. The summed E-state index contributed by atoms with van der Waals surface area (Å²) in [5, 5.41) is 1.14. The Bertz CT molecular complexity index is 492. The summed E-state index contributed by atoms with van der Waals surface area (Å²) < 4.78 is 11.1. The summed E-state index contributed by atoms with van der Waals surface area (Å²) in [4.78, 5) is 4.55. The van der Waals surface area contributed by atoms with Crippen molar-refractivity contribution in [3.05, 3.63) is 42.1 Å². The number of nitrogens with zero attached hydrogens (tertiary/aromatic N) is 1. The maximum Gasteiger partial charge on any atom is 0.201 e. The van der Waals surface area contributed by atoms with Crippen LogP contribution in [0.1, 0.15) is 18.4 Å². The first-order valence-electron chi connectivity index (χ1n) is 5.52. The second-order valence-electron chi connectivity index (χ2n) is 3.86. The lowest BCUT2D eigenvalue weighted by atomic mass is 10.2. The lowest BCUT2D eigenvalue weighted by Gasteiger charge is -2.22. The van der Waals surface area contributed by atoms with Gasteiger partial charge in [0, 0.05) is 5.39 Å². The summed E-state index contributed by atoms with van der Waals surface area (Å²) in [7, 11) is 0. The second-order valence-corrected chi connectivity index (χ2v) is 3.86. The van der Waals surface area contributed by atoms with E-state index in [0.717, 1.165) is 36.2 Å². The van der Waals surface area contributed by atoms with Crippen LogP contribution in [0.4, 0.5) is 0 Å². The van der Waals surface area contributed by atoms with Crippen LogP contribution in [0.3, 0.4) is 0 Å². The van der Waals surface area contributed by atoms with Gasteiger partial charge in [-0.2, -0.15) is 0 Å². The Morgan fingerprint density at radius 1 is 1.00 bits per heavy atom. The van der Waals surface area contributed by atoms with E-state index >= 15 is 0 Å². The van der Waals surface area contributed by atoms with Crippen molar-refractivity contribution in [2.24, 2.45) is 0 Å².